The van der Waals surface area contributed by atoms with E-state index in [9.17, 15) is 9.59 Å². The Balaban J connectivity index is 1.68. The largest absolute Gasteiger partial charge is 0.353 e. The SMILES string of the molecule is O=C1CN(C(=O)c2ccc(Cn3ccnc3)cc2)CCN1. The number of aromatic nitrogens is 2. The number of amides is 2. The fraction of sp³-hybridized carbons (Fsp3) is 0.267. The minimum atomic E-state index is -0.105. The third kappa shape index (κ3) is 3.10. The third-order valence-electron chi connectivity index (χ3n) is 3.45. The van der Waals surface area contributed by atoms with Crippen LogP contribution in [0.25, 0.3) is 0 Å². The maximum Gasteiger partial charge on any atom is 0.254 e. The minimum absolute atomic E-state index is 0.0981. The van der Waals surface area contributed by atoms with Gasteiger partial charge in [0.15, 0.2) is 0 Å². The predicted molar refractivity (Wildman–Crippen MR) is 76.7 cm³/mol. The molecule has 0 unspecified atom stereocenters. The molecule has 1 saturated heterocycles. The summed E-state index contributed by atoms with van der Waals surface area (Å²) in [5, 5.41) is 2.71. The molecule has 1 fully saturated rings. The molecule has 1 aliphatic rings. The quantitative estimate of drug-likeness (QED) is 0.892. The molecular formula is C15H16N4O2. The summed E-state index contributed by atoms with van der Waals surface area (Å²) < 4.78 is 1.96. The Labute approximate surface area is 122 Å². The van der Waals surface area contributed by atoms with Gasteiger partial charge < -0.3 is 14.8 Å². The van der Waals surface area contributed by atoms with Crippen LogP contribution < -0.4 is 5.32 Å². The Morgan fingerprint density at radius 1 is 1.29 bits per heavy atom. The second-order valence-corrected chi connectivity index (χ2v) is 5.01. The van der Waals surface area contributed by atoms with Crippen molar-refractivity contribution < 1.29 is 9.59 Å². The van der Waals surface area contributed by atoms with E-state index in [4.69, 9.17) is 0 Å². The van der Waals surface area contributed by atoms with E-state index >= 15 is 0 Å². The van der Waals surface area contributed by atoms with E-state index in [1.54, 1.807) is 29.6 Å². The number of nitrogens with zero attached hydrogens (tertiary/aromatic N) is 3. The van der Waals surface area contributed by atoms with E-state index in [2.05, 4.69) is 10.3 Å². The fourth-order valence-corrected chi connectivity index (χ4v) is 2.34. The normalized spacial score (nSPS) is 14.9. The van der Waals surface area contributed by atoms with Gasteiger partial charge in [0.1, 0.15) is 0 Å². The fourth-order valence-electron chi connectivity index (χ4n) is 2.34. The van der Waals surface area contributed by atoms with E-state index < -0.39 is 0 Å². The van der Waals surface area contributed by atoms with Crippen molar-refractivity contribution in [2.24, 2.45) is 0 Å². The standard InChI is InChI=1S/C15H16N4O2/c20-14-10-19(8-6-17-14)15(21)13-3-1-12(2-4-13)9-18-7-5-16-11-18/h1-5,7,11H,6,8-10H2,(H,17,20). The third-order valence-corrected chi connectivity index (χ3v) is 3.45. The minimum Gasteiger partial charge on any atom is -0.353 e. The van der Waals surface area contributed by atoms with Crippen LogP contribution in [0.4, 0.5) is 0 Å². The molecule has 0 spiro atoms. The van der Waals surface area contributed by atoms with Crippen LogP contribution in [0, 0.1) is 0 Å². The van der Waals surface area contributed by atoms with Gasteiger partial charge in [-0.15, -0.1) is 0 Å². The van der Waals surface area contributed by atoms with E-state index in [1.807, 2.05) is 22.9 Å². The number of carbonyl (C=O) groups excluding carboxylic acids is 2. The lowest BCUT2D eigenvalue weighted by Crippen LogP contribution is -2.49. The summed E-state index contributed by atoms with van der Waals surface area (Å²) in [5.41, 5.74) is 1.71. The van der Waals surface area contributed by atoms with E-state index in [1.165, 1.54) is 0 Å². The number of hydrogen-bond acceptors (Lipinski definition) is 3. The lowest BCUT2D eigenvalue weighted by atomic mass is 10.1. The summed E-state index contributed by atoms with van der Waals surface area (Å²) in [4.78, 5) is 29.2. The van der Waals surface area contributed by atoms with Crippen molar-refractivity contribution in [1.29, 1.82) is 0 Å². The zero-order valence-electron chi connectivity index (χ0n) is 11.5. The Bertz CT molecular complexity index is 634. The molecule has 2 heterocycles. The Hall–Kier alpha value is -2.63. The Morgan fingerprint density at radius 3 is 2.76 bits per heavy atom. The number of imidazole rings is 1. The van der Waals surface area contributed by atoms with E-state index in [-0.39, 0.29) is 18.4 Å². The lowest BCUT2D eigenvalue weighted by molar-refractivity contribution is -0.123. The van der Waals surface area contributed by atoms with Gasteiger partial charge in [0.25, 0.3) is 5.91 Å². The van der Waals surface area contributed by atoms with Crippen molar-refractivity contribution in [2.45, 2.75) is 6.54 Å². The maximum atomic E-state index is 12.3. The molecule has 2 amide bonds. The smallest absolute Gasteiger partial charge is 0.254 e. The van der Waals surface area contributed by atoms with Gasteiger partial charge in [-0.2, -0.15) is 0 Å². The van der Waals surface area contributed by atoms with Gasteiger partial charge in [0, 0.05) is 37.6 Å². The van der Waals surface area contributed by atoms with Gasteiger partial charge in [-0.3, -0.25) is 9.59 Å². The molecule has 0 atom stereocenters. The first-order valence-corrected chi connectivity index (χ1v) is 6.83. The van der Waals surface area contributed by atoms with Crippen LogP contribution in [-0.4, -0.2) is 45.9 Å². The second-order valence-electron chi connectivity index (χ2n) is 5.01. The van der Waals surface area contributed by atoms with Gasteiger partial charge in [-0.05, 0) is 17.7 Å². The molecule has 1 aromatic heterocycles. The van der Waals surface area contributed by atoms with Crippen molar-refractivity contribution in [3.8, 4) is 0 Å². The van der Waals surface area contributed by atoms with Crippen LogP contribution in [0.1, 0.15) is 15.9 Å². The van der Waals surface area contributed by atoms with Crippen molar-refractivity contribution in [3.05, 3.63) is 54.1 Å². The number of nitrogens with one attached hydrogen (secondary N) is 1. The molecule has 0 aliphatic carbocycles. The van der Waals surface area contributed by atoms with Gasteiger partial charge in [0.05, 0.1) is 12.9 Å². The zero-order valence-corrected chi connectivity index (χ0v) is 11.5. The summed E-state index contributed by atoms with van der Waals surface area (Å²) in [5.74, 6) is -0.203. The highest BCUT2D eigenvalue weighted by molar-refractivity contribution is 5.97. The number of carbonyl (C=O) groups is 2. The average Bonchev–Trinajstić information content (AvgIpc) is 3.00. The summed E-state index contributed by atoms with van der Waals surface area (Å²) >= 11 is 0. The zero-order chi connectivity index (χ0) is 14.7. The van der Waals surface area contributed by atoms with Crippen LogP contribution in [-0.2, 0) is 11.3 Å². The van der Waals surface area contributed by atoms with Crippen molar-refractivity contribution >= 4 is 11.8 Å². The van der Waals surface area contributed by atoms with Gasteiger partial charge in [-0.25, -0.2) is 4.98 Å². The molecule has 0 radical (unpaired) electrons. The highest BCUT2D eigenvalue weighted by Crippen LogP contribution is 2.10. The number of piperazine rings is 1. The first kappa shape index (κ1) is 13.4. The monoisotopic (exact) mass is 284 g/mol. The molecule has 1 aliphatic heterocycles. The van der Waals surface area contributed by atoms with Crippen LogP contribution in [0.5, 0.6) is 0 Å². The van der Waals surface area contributed by atoms with Crippen LogP contribution in [0.2, 0.25) is 0 Å². The highest BCUT2D eigenvalue weighted by atomic mass is 16.2. The molecule has 0 saturated carbocycles. The van der Waals surface area contributed by atoms with Crippen molar-refractivity contribution in [2.75, 3.05) is 19.6 Å². The van der Waals surface area contributed by atoms with Crippen LogP contribution in [0.3, 0.4) is 0 Å². The topological polar surface area (TPSA) is 67.2 Å². The van der Waals surface area contributed by atoms with E-state index in [0.717, 1.165) is 12.1 Å². The molecular weight excluding hydrogens is 268 g/mol. The molecule has 6 nitrogen and oxygen atoms in total. The Morgan fingerprint density at radius 2 is 2.10 bits per heavy atom. The molecule has 0 bridgehead atoms. The molecule has 21 heavy (non-hydrogen) atoms. The molecule has 1 aromatic carbocycles. The molecule has 6 heteroatoms. The molecule has 3 rings (SSSR count). The predicted octanol–water partition coefficient (Wildman–Crippen LogP) is 0.503. The Kier molecular flexibility index (Phi) is 3.68. The van der Waals surface area contributed by atoms with Crippen LogP contribution >= 0.6 is 0 Å². The van der Waals surface area contributed by atoms with Gasteiger partial charge in [-0.1, -0.05) is 12.1 Å². The second kappa shape index (κ2) is 5.78. The number of benzene rings is 1. The highest BCUT2D eigenvalue weighted by Gasteiger charge is 2.21. The van der Waals surface area contributed by atoms with Crippen LogP contribution in [0.15, 0.2) is 43.0 Å². The van der Waals surface area contributed by atoms with Gasteiger partial charge in [0.2, 0.25) is 5.91 Å². The van der Waals surface area contributed by atoms with Crippen molar-refractivity contribution in [3.63, 3.8) is 0 Å². The van der Waals surface area contributed by atoms with Gasteiger partial charge >= 0.3 is 0 Å². The first-order valence-electron chi connectivity index (χ1n) is 6.83. The molecule has 2 aromatic rings. The number of hydrogen-bond donors (Lipinski definition) is 1. The maximum absolute atomic E-state index is 12.3. The summed E-state index contributed by atoms with van der Waals surface area (Å²) in [6, 6.07) is 7.47. The van der Waals surface area contributed by atoms with E-state index in [0.29, 0.717) is 18.7 Å². The molecule has 108 valence electrons. The summed E-state index contributed by atoms with van der Waals surface area (Å²) in [7, 11) is 0. The summed E-state index contributed by atoms with van der Waals surface area (Å²) in [6.07, 6.45) is 5.39. The number of rotatable bonds is 3. The first-order chi connectivity index (χ1) is 10.2. The summed E-state index contributed by atoms with van der Waals surface area (Å²) in [6.45, 7) is 1.93. The molecule has 1 N–H and O–H groups in total. The average molecular weight is 284 g/mol. The lowest BCUT2D eigenvalue weighted by Gasteiger charge is -2.26. The van der Waals surface area contributed by atoms with Crippen molar-refractivity contribution in [1.82, 2.24) is 19.8 Å².